The zero-order chi connectivity index (χ0) is 20.6. The van der Waals surface area contributed by atoms with Crippen molar-refractivity contribution < 1.29 is 14.6 Å². The number of aromatic nitrogens is 2. The Labute approximate surface area is 166 Å². The summed E-state index contributed by atoms with van der Waals surface area (Å²) in [7, 11) is 1.55. The molecule has 2 amide bonds. The van der Waals surface area contributed by atoms with E-state index in [0.717, 1.165) is 15.0 Å². The minimum absolute atomic E-state index is 0.104. The average molecular weight is 410 g/mol. The molecule has 2 aromatic rings. The van der Waals surface area contributed by atoms with Crippen molar-refractivity contribution in [3.8, 4) is 0 Å². The summed E-state index contributed by atoms with van der Waals surface area (Å²) in [5.74, 6) is 0. The van der Waals surface area contributed by atoms with Crippen LogP contribution < -0.4 is 16.6 Å². The van der Waals surface area contributed by atoms with Crippen molar-refractivity contribution in [2.24, 2.45) is 0 Å². The van der Waals surface area contributed by atoms with Gasteiger partial charge in [0.2, 0.25) is 0 Å². The molecule has 1 fully saturated rings. The SMILES string of the molecule is COCCn1c(=O)n(CC(C)(C)O)c(=O)c2c(C)c(CN3CCNC3=O)sc21. The lowest BCUT2D eigenvalue weighted by molar-refractivity contribution is 0.0586. The highest BCUT2D eigenvalue weighted by Crippen LogP contribution is 2.29. The van der Waals surface area contributed by atoms with E-state index in [1.807, 2.05) is 6.92 Å². The molecule has 0 aromatic carbocycles. The molecule has 0 saturated carbocycles. The van der Waals surface area contributed by atoms with Crippen LogP contribution in [-0.4, -0.2) is 57.6 Å². The predicted molar refractivity (Wildman–Crippen MR) is 107 cm³/mol. The van der Waals surface area contributed by atoms with E-state index < -0.39 is 16.9 Å². The van der Waals surface area contributed by atoms with Crippen molar-refractivity contribution >= 4 is 27.6 Å². The molecule has 3 rings (SSSR count). The van der Waals surface area contributed by atoms with E-state index in [9.17, 15) is 19.5 Å². The van der Waals surface area contributed by atoms with Gasteiger partial charge >= 0.3 is 11.7 Å². The Hall–Kier alpha value is -2.17. The second-order valence-corrected chi connectivity index (χ2v) is 8.70. The van der Waals surface area contributed by atoms with Crippen LogP contribution in [0, 0.1) is 6.92 Å². The molecule has 3 heterocycles. The van der Waals surface area contributed by atoms with Gasteiger partial charge in [-0.2, -0.15) is 0 Å². The maximum atomic E-state index is 13.1. The lowest BCUT2D eigenvalue weighted by Crippen LogP contribution is -2.45. The molecule has 0 bridgehead atoms. The minimum Gasteiger partial charge on any atom is -0.389 e. The number of carbonyl (C=O) groups excluding carboxylic acids is 1. The quantitative estimate of drug-likeness (QED) is 0.691. The van der Waals surface area contributed by atoms with Crippen LogP contribution in [0.5, 0.6) is 0 Å². The summed E-state index contributed by atoms with van der Waals surface area (Å²) >= 11 is 1.35. The summed E-state index contributed by atoms with van der Waals surface area (Å²) in [5.41, 5.74) is -1.33. The summed E-state index contributed by atoms with van der Waals surface area (Å²) < 4.78 is 7.74. The Kier molecular flexibility index (Phi) is 5.64. The number of aryl methyl sites for hydroxylation is 1. The Bertz CT molecular complexity index is 1010. The zero-order valence-electron chi connectivity index (χ0n) is 16.6. The van der Waals surface area contributed by atoms with E-state index in [1.165, 1.54) is 15.9 Å². The maximum absolute atomic E-state index is 13.1. The Morgan fingerprint density at radius 2 is 1.96 bits per heavy atom. The molecule has 1 aliphatic rings. The Morgan fingerprint density at radius 3 is 2.54 bits per heavy atom. The van der Waals surface area contributed by atoms with Crippen molar-refractivity contribution in [1.82, 2.24) is 19.4 Å². The fraction of sp³-hybridized carbons (Fsp3) is 0.611. The lowest BCUT2D eigenvalue weighted by atomic mass is 10.1. The molecule has 1 saturated heterocycles. The molecule has 0 aliphatic carbocycles. The highest BCUT2D eigenvalue weighted by atomic mass is 32.1. The van der Waals surface area contributed by atoms with Crippen LogP contribution in [0.4, 0.5) is 4.79 Å². The third-order valence-corrected chi connectivity index (χ3v) is 6.04. The number of amides is 2. The summed E-state index contributed by atoms with van der Waals surface area (Å²) in [6.45, 7) is 7.04. The van der Waals surface area contributed by atoms with Gasteiger partial charge in [-0.15, -0.1) is 11.3 Å². The van der Waals surface area contributed by atoms with E-state index in [2.05, 4.69) is 5.32 Å². The van der Waals surface area contributed by atoms with Gasteiger partial charge in [-0.05, 0) is 26.3 Å². The third-order valence-electron chi connectivity index (χ3n) is 4.74. The van der Waals surface area contributed by atoms with Crippen molar-refractivity contribution in [3.05, 3.63) is 31.3 Å². The summed E-state index contributed by atoms with van der Waals surface area (Å²) in [6.07, 6.45) is 0. The summed E-state index contributed by atoms with van der Waals surface area (Å²) in [4.78, 5) is 41.1. The van der Waals surface area contributed by atoms with Crippen LogP contribution in [0.2, 0.25) is 0 Å². The fourth-order valence-electron chi connectivity index (χ4n) is 3.33. The number of thiophene rings is 1. The van der Waals surface area contributed by atoms with Crippen molar-refractivity contribution in [2.75, 3.05) is 26.8 Å². The second-order valence-electron chi connectivity index (χ2n) is 7.61. The molecule has 0 spiro atoms. The minimum atomic E-state index is -1.21. The number of fused-ring (bicyclic) bond motifs is 1. The second kappa shape index (κ2) is 7.69. The van der Waals surface area contributed by atoms with Gasteiger partial charge in [-0.1, -0.05) is 0 Å². The van der Waals surface area contributed by atoms with E-state index in [0.29, 0.717) is 43.0 Å². The van der Waals surface area contributed by atoms with Crippen molar-refractivity contribution in [1.29, 1.82) is 0 Å². The first-order valence-electron chi connectivity index (χ1n) is 9.13. The van der Waals surface area contributed by atoms with E-state index in [4.69, 9.17) is 4.74 Å². The number of methoxy groups -OCH3 is 1. The first-order valence-corrected chi connectivity index (χ1v) is 9.95. The van der Waals surface area contributed by atoms with Gasteiger partial charge in [0.15, 0.2) is 0 Å². The molecule has 10 heteroatoms. The number of ether oxygens (including phenoxy) is 1. The van der Waals surface area contributed by atoms with Crippen LogP contribution in [0.25, 0.3) is 10.2 Å². The monoisotopic (exact) mass is 410 g/mol. The van der Waals surface area contributed by atoms with Gasteiger partial charge in [-0.3, -0.25) is 13.9 Å². The van der Waals surface area contributed by atoms with E-state index >= 15 is 0 Å². The number of hydrogen-bond donors (Lipinski definition) is 2. The number of nitrogens with one attached hydrogen (secondary N) is 1. The molecule has 0 unspecified atom stereocenters. The topological polar surface area (TPSA) is 106 Å². The number of rotatable bonds is 7. The molecule has 2 aromatic heterocycles. The van der Waals surface area contributed by atoms with Gasteiger partial charge in [-0.25, -0.2) is 9.59 Å². The van der Waals surface area contributed by atoms with Crippen molar-refractivity contribution in [2.45, 2.75) is 46.0 Å². The number of hydrogen-bond acceptors (Lipinski definition) is 6. The molecule has 2 N–H and O–H groups in total. The Morgan fingerprint density at radius 1 is 1.25 bits per heavy atom. The highest BCUT2D eigenvalue weighted by molar-refractivity contribution is 7.18. The normalized spacial score (nSPS) is 14.9. The number of carbonyl (C=O) groups is 1. The molecule has 28 heavy (non-hydrogen) atoms. The summed E-state index contributed by atoms with van der Waals surface area (Å²) in [5, 5.41) is 13.4. The average Bonchev–Trinajstić information content (AvgIpc) is 3.15. The van der Waals surface area contributed by atoms with Crippen LogP contribution in [0.15, 0.2) is 9.59 Å². The zero-order valence-corrected chi connectivity index (χ0v) is 17.4. The van der Waals surface area contributed by atoms with Crippen LogP contribution >= 0.6 is 11.3 Å². The van der Waals surface area contributed by atoms with Gasteiger partial charge in [0.25, 0.3) is 5.56 Å². The standard InChI is InChI=1S/C18H26N4O5S/c1-11-12(9-20-6-5-19-16(20)24)28-15-13(11)14(23)22(10-18(2,3)26)17(25)21(15)7-8-27-4/h26H,5-10H2,1-4H3,(H,19,24). The smallest absolute Gasteiger partial charge is 0.332 e. The van der Waals surface area contributed by atoms with Gasteiger partial charge in [0, 0.05) is 25.1 Å². The molecule has 9 nitrogen and oxygen atoms in total. The fourth-order valence-corrected chi connectivity index (χ4v) is 4.66. The summed E-state index contributed by atoms with van der Waals surface area (Å²) in [6, 6.07) is -0.131. The third kappa shape index (κ3) is 3.85. The predicted octanol–water partition coefficient (Wildman–Crippen LogP) is 0.476. The van der Waals surface area contributed by atoms with Gasteiger partial charge in [0.05, 0.1) is 37.2 Å². The van der Waals surface area contributed by atoms with Gasteiger partial charge in [0.1, 0.15) is 4.83 Å². The lowest BCUT2D eigenvalue weighted by Gasteiger charge is -2.19. The highest BCUT2D eigenvalue weighted by Gasteiger charge is 2.26. The first kappa shape index (κ1) is 20.6. The Balaban J connectivity index is 2.19. The van der Waals surface area contributed by atoms with Crippen LogP contribution in [-0.2, 0) is 24.4 Å². The maximum Gasteiger partial charge on any atom is 0.332 e. The van der Waals surface area contributed by atoms with Crippen molar-refractivity contribution in [3.63, 3.8) is 0 Å². The molecule has 154 valence electrons. The van der Waals surface area contributed by atoms with Crippen LogP contribution in [0.1, 0.15) is 24.3 Å². The van der Waals surface area contributed by atoms with Gasteiger partial charge < -0.3 is 20.1 Å². The first-order chi connectivity index (χ1) is 13.1. The van der Waals surface area contributed by atoms with E-state index in [-0.39, 0.29) is 12.6 Å². The molecule has 0 atom stereocenters. The molecular weight excluding hydrogens is 384 g/mol. The largest absolute Gasteiger partial charge is 0.389 e. The molecule has 0 radical (unpaired) electrons. The number of nitrogens with zero attached hydrogens (tertiary/aromatic N) is 3. The van der Waals surface area contributed by atoms with Crippen LogP contribution in [0.3, 0.4) is 0 Å². The number of urea groups is 1. The molecular formula is C18H26N4O5S. The van der Waals surface area contributed by atoms with E-state index in [1.54, 1.807) is 25.9 Å². The number of aliphatic hydroxyl groups is 1. The molecule has 1 aliphatic heterocycles.